The number of hydrogen-bond acceptors (Lipinski definition) is 4. The van der Waals surface area contributed by atoms with Crippen LogP contribution in [0.25, 0.3) is 0 Å². The molecule has 1 N–H and O–H groups in total. The van der Waals surface area contributed by atoms with Gasteiger partial charge in [0.15, 0.2) is 0 Å². The largest absolute Gasteiger partial charge is 0.331 e. The second-order valence-electron chi connectivity index (χ2n) is 4.71. The highest BCUT2D eigenvalue weighted by Crippen LogP contribution is 2.13. The first-order chi connectivity index (χ1) is 8.22. The number of aromatic nitrogens is 2. The number of nitriles is 1. The first-order valence-electron chi connectivity index (χ1n) is 6.07. The standard InChI is InChI=1S/C12H19N5/c1-10(2)17-9-15-7-12(17)8-16-4-3-14-6-11(16)5-13/h7,9-11,14H,3-4,6,8H2,1-2H3. The minimum atomic E-state index is -0.0285. The Morgan fingerprint density at radius 3 is 3.18 bits per heavy atom. The van der Waals surface area contributed by atoms with Crippen molar-refractivity contribution in [1.82, 2.24) is 19.8 Å². The molecule has 1 aliphatic heterocycles. The average molecular weight is 233 g/mol. The van der Waals surface area contributed by atoms with E-state index in [0.717, 1.165) is 26.2 Å². The number of nitrogens with one attached hydrogen (secondary N) is 1. The summed E-state index contributed by atoms with van der Waals surface area (Å²) in [6.45, 7) is 7.72. The number of imidazole rings is 1. The molecule has 92 valence electrons. The lowest BCUT2D eigenvalue weighted by atomic mass is 10.2. The Morgan fingerprint density at radius 2 is 2.47 bits per heavy atom. The minimum Gasteiger partial charge on any atom is -0.331 e. The first kappa shape index (κ1) is 12.1. The van der Waals surface area contributed by atoms with Crippen molar-refractivity contribution in [2.24, 2.45) is 0 Å². The summed E-state index contributed by atoms with van der Waals surface area (Å²) in [5.74, 6) is 0. The van der Waals surface area contributed by atoms with Crippen LogP contribution in [-0.2, 0) is 6.54 Å². The van der Waals surface area contributed by atoms with Gasteiger partial charge < -0.3 is 9.88 Å². The van der Waals surface area contributed by atoms with Crippen LogP contribution < -0.4 is 5.32 Å². The lowest BCUT2D eigenvalue weighted by Gasteiger charge is -2.32. The second kappa shape index (κ2) is 5.30. The fourth-order valence-corrected chi connectivity index (χ4v) is 2.19. The van der Waals surface area contributed by atoms with Crippen LogP contribution >= 0.6 is 0 Å². The first-order valence-corrected chi connectivity index (χ1v) is 6.07. The number of rotatable bonds is 3. The summed E-state index contributed by atoms with van der Waals surface area (Å²) in [4.78, 5) is 6.41. The summed E-state index contributed by atoms with van der Waals surface area (Å²) >= 11 is 0. The third-order valence-electron chi connectivity index (χ3n) is 3.17. The summed E-state index contributed by atoms with van der Waals surface area (Å²) in [6.07, 6.45) is 3.76. The predicted octanol–water partition coefficient (Wildman–Crippen LogP) is 0.761. The van der Waals surface area contributed by atoms with Crippen molar-refractivity contribution < 1.29 is 0 Å². The molecule has 0 aromatic carbocycles. The van der Waals surface area contributed by atoms with Gasteiger partial charge in [-0.25, -0.2) is 4.98 Å². The van der Waals surface area contributed by atoms with E-state index in [9.17, 15) is 0 Å². The molecule has 0 spiro atoms. The number of piperazine rings is 1. The SMILES string of the molecule is CC(C)n1cncc1CN1CCNCC1C#N. The lowest BCUT2D eigenvalue weighted by molar-refractivity contribution is 0.184. The lowest BCUT2D eigenvalue weighted by Crippen LogP contribution is -2.50. The van der Waals surface area contributed by atoms with Gasteiger partial charge in [-0.05, 0) is 13.8 Å². The van der Waals surface area contributed by atoms with E-state index in [-0.39, 0.29) is 6.04 Å². The van der Waals surface area contributed by atoms with Crippen molar-refractivity contribution in [2.75, 3.05) is 19.6 Å². The van der Waals surface area contributed by atoms with Crippen molar-refractivity contribution in [2.45, 2.75) is 32.5 Å². The number of nitrogens with zero attached hydrogens (tertiary/aromatic N) is 4. The molecular weight excluding hydrogens is 214 g/mol. The summed E-state index contributed by atoms with van der Waals surface area (Å²) in [5, 5.41) is 12.4. The normalized spacial score (nSPS) is 21.6. The molecule has 1 unspecified atom stereocenters. The molecule has 5 heteroatoms. The van der Waals surface area contributed by atoms with Crippen molar-refractivity contribution in [3.8, 4) is 6.07 Å². The van der Waals surface area contributed by atoms with E-state index in [1.54, 1.807) is 0 Å². The molecule has 2 rings (SSSR count). The third kappa shape index (κ3) is 2.65. The van der Waals surface area contributed by atoms with Crippen LogP contribution in [-0.4, -0.2) is 40.1 Å². The Morgan fingerprint density at radius 1 is 1.65 bits per heavy atom. The van der Waals surface area contributed by atoms with E-state index in [4.69, 9.17) is 5.26 Å². The van der Waals surface area contributed by atoms with Crippen molar-refractivity contribution in [3.63, 3.8) is 0 Å². The van der Waals surface area contributed by atoms with E-state index in [2.05, 4.69) is 39.7 Å². The monoisotopic (exact) mass is 233 g/mol. The molecule has 0 radical (unpaired) electrons. The summed E-state index contributed by atoms with van der Waals surface area (Å²) < 4.78 is 2.16. The fraction of sp³-hybridized carbons (Fsp3) is 0.667. The van der Waals surface area contributed by atoms with Crippen LogP contribution in [0.3, 0.4) is 0 Å². The predicted molar refractivity (Wildman–Crippen MR) is 65.3 cm³/mol. The minimum absolute atomic E-state index is 0.0285. The number of hydrogen-bond donors (Lipinski definition) is 1. The summed E-state index contributed by atoms with van der Waals surface area (Å²) in [6, 6.07) is 2.73. The van der Waals surface area contributed by atoms with Gasteiger partial charge in [0.05, 0.1) is 18.1 Å². The molecule has 2 heterocycles. The van der Waals surface area contributed by atoms with Gasteiger partial charge in [0, 0.05) is 38.4 Å². The van der Waals surface area contributed by atoms with Gasteiger partial charge in [-0.15, -0.1) is 0 Å². The zero-order chi connectivity index (χ0) is 12.3. The second-order valence-corrected chi connectivity index (χ2v) is 4.71. The van der Waals surface area contributed by atoms with Crippen molar-refractivity contribution in [3.05, 3.63) is 18.2 Å². The van der Waals surface area contributed by atoms with Crippen LogP contribution in [0.5, 0.6) is 0 Å². The van der Waals surface area contributed by atoms with Crippen LogP contribution in [0, 0.1) is 11.3 Å². The van der Waals surface area contributed by atoms with Gasteiger partial charge in [-0.1, -0.05) is 0 Å². The molecule has 1 fully saturated rings. The molecule has 0 saturated carbocycles. The van der Waals surface area contributed by atoms with Gasteiger partial charge in [0.25, 0.3) is 0 Å². The zero-order valence-electron chi connectivity index (χ0n) is 10.4. The Hall–Kier alpha value is -1.38. The molecule has 1 saturated heterocycles. The molecule has 0 aliphatic carbocycles. The van der Waals surface area contributed by atoms with Crippen LogP contribution in [0.1, 0.15) is 25.6 Å². The van der Waals surface area contributed by atoms with Crippen LogP contribution in [0.4, 0.5) is 0 Å². The molecule has 1 aliphatic rings. The molecule has 5 nitrogen and oxygen atoms in total. The smallest absolute Gasteiger partial charge is 0.111 e. The van der Waals surface area contributed by atoms with Gasteiger partial charge in [0.1, 0.15) is 6.04 Å². The molecule has 1 aromatic rings. The maximum Gasteiger partial charge on any atom is 0.111 e. The Balaban J connectivity index is 2.09. The molecule has 0 amide bonds. The molecule has 1 aromatic heterocycles. The quantitative estimate of drug-likeness (QED) is 0.837. The fourth-order valence-electron chi connectivity index (χ4n) is 2.19. The van der Waals surface area contributed by atoms with Gasteiger partial charge in [0.2, 0.25) is 0 Å². The topological polar surface area (TPSA) is 56.9 Å². The average Bonchev–Trinajstić information content (AvgIpc) is 2.78. The highest BCUT2D eigenvalue weighted by Gasteiger charge is 2.22. The summed E-state index contributed by atoms with van der Waals surface area (Å²) in [5.41, 5.74) is 1.18. The van der Waals surface area contributed by atoms with Gasteiger partial charge in [-0.2, -0.15) is 5.26 Å². The van der Waals surface area contributed by atoms with Gasteiger partial charge >= 0.3 is 0 Å². The van der Waals surface area contributed by atoms with Gasteiger partial charge in [-0.3, -0.25) is 4.90 Å². The molecular formula is C12H19N5. The zero-order valence-corrected chi connectivity index (χ0v) is 10.4. The molecule has 0 bridgehead atoms. The van der Waals surface area contributed by atoms with Crippen LogP contribution in [0.15, 0.2) is 12.5 Å². The van der Waals surface area contributed by atoms with E-state index < -0.39 is 0 Å². The summed E-state index contributed by atoms with van der Waals surface area (Å²) in [7, 11) is 0. The van der Waals surface area contributed by atoms with Crippen molar-refractivity contribution >= 4 is 0 Å². The third-order valence-corrected chi connectivity index (χ3v) is 3.17. The van der Waals surface area contributed by atoms with E-state index in [1.165, 1.54) is 5.69 Å². The molecule has 17 heavy (non-hydrogen) atoms. The molecule has 1 atom stereocenters. The van der Waals surface area contributed by atoms with Crippen molar-refractivity contribution in [1.29, 1.82) is 5.26 Å². The Labute approximate surface area is 102 Å². The highest BCUT2D eigenvalue weighted by molar-refractivity contribution is 5.04. The maximum absolute atomic E-state index is 9.11. The van der Waals surface area contributed by atoms with E-state index in [0.29, 0.717) is 6.04 Å². The Bertz CT molecular complexity index is 403. The van der Waals surface area contributed by atoms with Crippen LogP contribution in [0.2, 0.25) is 0 Å². The Kier molecular flexibility index (Phi) is 3.77. The van der Waals surface area contributed by atoms with E-state index >= 15 is 0 Å². The van der Waals surface area contributed by atoms with E-state index in [1.807, 2.05) is 12.5 Å². The maximum atomic E-state index is 9.11. The highest BCUT2D eigenvalue weighted by atomic mass is 15.2.